The van der Waals surface area contributed by atoms with Crippen LogP contribution < -0.4 is 10.6 Å². The number of aromatic nitrogens is 3. The van der Waals surface area contributed by atoms with Gasteiger partial charge in [0.25, 0.3) is 0 Å². The molecule has 0 aliphatic carbocycles. The van der Waals surface area contributed by atoms with Crippen LogP contribution in [0.1, 0.15) is 45.0 Å². The number of hydrogen-bond acceptors (Lipinski definition) is 4. The predicted molar refractivity (Wildman–Crippen MR) is 98.7 cm³/mol. The largest absolute Gasteiger partial charge is 0.323 e. The highest BCUT2D eigenvalue weighted by Gasteiger charge is 2.20. The van der Waals surface area contributed by atoms with E-state index in [2.05, 4.69) is 41.5 Å². The molecule has 3 heterocycles. The van der Waals surface area contributed by atoms with Gasteiger partial charge in [0, 0.05) is 11.8 Å². The summed E-state index contributed by atoms with van der Waals surface area (Å²) in [6.45, 7) is 10.3. The highest BCUT2D eigenvalue weighted by atomic mass is 19.1. The van der Waals surface area contributed by atoms with E-state index in [0.717, 1.165) is 49.6 Å². The van der Waals surface area contributed by atoms with Gasteiger partial charge in [-0.1, -0.05) is 0 Å². The van der Waals surface area contributed by atoms with Crippen LogP contribution in [0.15, 0.2) is 18.2 Å². The standard InChI is InChI=1S/C19H28FN5/c1-13-11-17(25(24-13)19(2,3)4)23-18-16(20)6-5-15(22-18)12-14-7-9-21-10-8-14/h5-6,11,14,21H,7-10,12H2,1-4H3,(H,22,23). The monoisotopic (exact) mass is 345 g/mol. The number of halogens is 1. The first-order valence-electron chi connectivity index (χ1n) is 9.03. The molecular weight excluding hydrogens is 317 g/mol. The summed E-state index contributed by atoms with van der Waals surface area (Å²) in [5.41, 5.74) is 1.64. The zero-order valence-corrected chi connectivity index (χ0v) is 15.6. The van der Waals surface area contributed by atoms with Crippen molar-refractivity contribution in [1.29, 1.82) is 0 Å². The molecule has 0 bridgehead atoms. The lowest BCUT2D eigenvalue weighted by atomic mass is 9.93. The zero-order chi connectivity index (χ0) is 18.0. The van der Waals surface area contributed by atoms with Gasteiger partial charge >= 0.3 is 0 Å². The Bertz CT molecular complexity index is 726. The maximum absolute atomic E-state index is 14.3. The van der Waals surface area contributed by atoms with E-state index in [1.807, 2.05) is 17.7 Å². The summed E-state index contributed by atoms with van der Waals surface area (Å²) in [7, 11) is 0. The number of nitrogens with zero attached hydrogens (tertiary/aromatic N) is 3. The molecular formula is C19H28FN5. The zero-order valence-electron chi connectivity index (χ0n) is 15.6. The van der Waals surface area contributed by atoms with Gasteiger partial charge in [-0.3, -0.25) is 0 Å². The highest BCUT2D eigenvalue weighted by Crippen LogP contribution is 2.26. The molecule has 1 aliphatic rings. The highest BCUT2D eigenvalue weighted by molar-refractivity contribution is 5.54. The minimum absolute atomic E-state index is 0.195. The smallest absolute Gasteiger partial charge is 0.168 e. The second-order valence-corrected chi connectivity index (χ2v) is 7.91. The SMILES string of the molecule is Cc1cc(Nc2nc(CC3CCNCC3)ccc2F)n(C(C)(C)C)n1. The number of hydrogen-bond donors (Lipinski definition) is 2. The second-order valence-electron chi connectivity index (χ2n) is 7.91. The van der Waals surface area contributed by atoms with Crippen LogP contribution >= 0.6 is 0 Å². The number of rotatable bonds is 4. The third-order valence-corrected chi connectivity index (χ3v) is 4.57. The average molecular weight is 345 g/mol. The summed E-state index contributed by atoms with van der Waals surface area (Å²) < 4.78 is 16.2. The maximum atomic E-state index is 14.3. The van der Waals surface area contributed by atoms with E-state index in [4.69, 9.17) is 0 Å². The topological polar surface area (TPSA) is 54.8 Å². The molecule has 2 aromatic heterocycles. The first-order valence-corrected chi connectivity index (χ1v) is 9.03. The normalized spacial score (nSPS) is 16.2. The van der Waals surface area contributed by atoms with Crippen molar-refractivity contribution < 1.29 is 4.39 Å². The lowest BCUT2D eigenvalue weighted by Gasteiger charge is -2.23. The first kappa shape index (κ1) is 17.9. The summed E-state index contributed by atoms with van der Waals surface area (Å²) in [6.07, 6.45) is 3.20. The molecule has 0 unspecified atom stereocenters. The van der Waals surface area contributed by atoms with Crippen LogP contribution in [-0.2, 0) is 12.0 Å². The van der Waals surface area contributed by atoms with Gasteiger partial charge in [0.05, 0.1) is 11.2 Å². The number of piperidine rings is 1. The van der Waals surface area contributed by atoms with Crippen LogP contribution in [0.25, 0.3) is 0 Å². The molecule has 0 radical (unpaired) electrons. The molecule has 136 valence electrons. The molecule has 5 nitrogen and oxygen atoms in total. The van der Waals surface area contributed by atoms with Crippen molar-refractivity contribution in [3.05, 3.63) is 35.4 Å². The number of anilines is 2. The van der Waals surface area contributed by atoms with Gasteiger partial charge in [-0.15, -0.1) is 0 Å². The minimum Gasteiger partial charge on any atom is -0.323 e. The van der Waals surface area contributed by atoms with Crippen LogP contribution in [0.5, 0.6) is 0 Å². The second kappa shape index (κ2) is 7.12. The van der Waals surface area contributed by atoms with Crippen molar-refractivity contribution in [2.24, 2.45) is 5.92 Å². The Morgan fingerprint density at radius 2 is 2.00 bits per heavy atom. The van der Waals surface area contributed by atoms with E-state index in [0.29, 0.717) is 5.92 Å². The molecule has 0 atom stereocenters. The van der Waals surface area contributed by atoms with Gasteiger partial charge in [-0.2, -0.15) is 5.10 Å². The molecule has 1 saturated heterocycles. The Labute approximate surface area is 149 Å². The third-order valence-electron chi connectivity index (χ3n) is 4.57. The van der Waals surface area contributed by atoms with Crippen molar-refractivity contribution in [2.75, 3.05) is 18.4 Å². The van der Waals surface area contributed by atoms with Gasteiger partial charge in [0.15, 0.2) is 11.6 Å². The summed E-state index contributed by atoms with van der Waals surface area (Å²) in [6, 6.07) is 5.23. The van der Waals surface area contributed by atoms with Crippen LogP contribution in [0.2, 0.25) is 0 Å². The number of nitrogens with one attached hydrogen (secondary N) is 2. The van der Waals surface area contributed by atoms with Crippen molar-refractivity contribution in [3.63, 3.8) is 0 Å². The molecule has 0 amide bonds. The summed E-state index contributed by atoms with van der Waals surface area (Å²) in [5, 5.41) is 11.0. The van der Waals surface area contributed by atoms with Gasteiger partial charge in [-0.05, 0) is 78.1 Å². The Morgan fingerprint density at radius 1 is 1.28 bits per heavy atom. The van der Waals surface area contributed by atoms with E-state index in [1.54, 1.807) is 6.07 Å². The molecule has 3 rings (SSSR count). The molecule has 1 aliphatic heterocycles. The van der Waals surface area contributed by atoms with E-state index in [-0.39, 0.29) is 17.2 Å². The molecule has 0 saturated carbocycles. The van der Waals surface area contributed by atoms with Crippen molar-refractivity contribution in [2.45, 2.75) is 52.5 Å². The van der Waals surface area contributed by atoms with Crippen LogP contribution in [0.3, 0.4) is 0 Å². The fourth-order valence-corrected chi connectivity index (χ4v) is 3.29. The predicted octanol–water partition coefficient (Wildman–Crippen LogP) is 3.77. The molecule has 0 spiro atoms. The van der Waals surface area contributed by atoms with E-state index in [9.17, 15) is 4.39 Å². The lowest BCUT2D eigenvalue weighted by Crippen LogP contribution is -2.28. The van der Waals surface area contributed by atoms with Gasteiger partial charge in [0.2, 0.25) is 0 Å². The van der Waals surface area contributed by atoms with Gasteiger partial charge in [-0.25, -0.2) is 14.1 Å². The molecule has 6 heteroatoms. The van der Waals surface area contributed by atoms with Crippen LogP contribution in [0.4, 0.5) is 16.0 Å². The van der Waals surface area contributed by atoms with Gasteiger partial charge < -0.3 is 10.6 Å². The van der Waals surface area contributed by atoms with E-state index < -0.39 is 0 Å². The molecule has 0 aromatic carbocycles. The maximum Gasteiger partial charge on any atom is 0.168 e. The number of pyridine rings is 1. The Hall–Kier alpha value is -1.95. The average Bonchev–Trinajstić information content (AvgIpc) is 2.92. The number of aryl methyl sites for hydroxylation is 1. The molecule has 2 N–H and O–H groups in total. The lowest BCUT2D eigenvalue weighted by molar-refractivity contribution is 0.359. The summed E-state index contributed by atoms with van der Waals surface area (Å²) in [5.74, 6) is 1.31. The third kappa shape index (κ3) is 4.37. The fraction of sp³-hybridized carbons (Fsp3) is 0.579. The molecule has 2 aromatic rings. The molecule has 25 heavy (non-hydrogen) atoms. The van der Waals surface area contributed by atoms with E-state index in [1.165, 1.54) is 6.07 Å². The quantitative estimate of drug-likeness (QED) is 0.886. The van der Waals surface area contributed by atoms with E-state index >= 15 is 0 Å². The Morgan fingerprint density at radius 3 is 2.68 bits per heavy atom. The summed E-state index contributed by atoms with van der Waals surface area (Å²) in [4.78, 5) is 4.55. The Balaban J connectivity index is 1.82. The summed E-state index contributed by atoms with van der Waals surface area (Å²) >= 11 is 0. The van der Waals surface area contributed by atoms with Crippen molar-refractivity contribution >= 4 is 11.6 Å². The Kier molecular flexibility index (Phi) is 5.08. The van der Waals surface area contributed by atoms with Crippen molar-refractivity contribution in [1.82, 2.24) is 20.1 Å². The minimum atomic E-state index is -0.339. The fourth-order valence-electron chi connectivity index (χ4n) is 3.29. The van der Waals surface area contributed by atoms with Gasteiger partial charge in [0.1, 0.15) is 5.82 Å². The van der Waals surface area contributed by atoms with Crippen LogP contribution in [0, 0.1) is 18.7 Å². The molecule has 1 fully saturated rings. The first-order chi connectivity index (χ1) is 11.8. The van der Waals surface area contributed by atoms with Crippen molar-refractivity contribution in [3.8, 4) is 0 Å². The van der Waals surface area contributed by atoms with Crippen LogP contribution in [-0.4, -0.2) is 27.9 Å².